The Morgan fingerprint density at radius 3 is 2.62 bits per heavy atom. The number of hydrogen-bond donors (Lipinski definition) is 1. The molecule has 1 aliphatic heterocycles. The van der Waals surface area contributed by atoms with Crippen LogP contribution in [0.3, 0.4) is 0 Å². The van der Waals surface area contributed by atoms with Gasteiger partial charge in [-0.15, -0.1) is 0 Å². The maximum Gasteiger partial charge on any atom is 0.275 e. The van der Waals surface area contributed by atoms with E-state index in [4.69, 9.17) is 11.6 Å². The molecule has 0 bridgehead atoms. The molecule has 1 saturated carbocycles. The zero-order valence-electron chi connectivity index (χ0n) is 22.2. The van der Waals surface area contributed by atoms with E-state index in [1.165, 1.54) is 28.2 Å². The number of fused-ring (bicyclic) bond motifs is 1. The fraction of sp³-hybridized carbons (Fsp3) is 0.286. The Hall–Kier alpha value is -4.39. The van der Waals surface area contributed by atoms with E-state index in [1.807, 2.05) is 0 Å². The molecule has 2 aliphatic rings. The summed E-state index contributed by atoms with van der Waals surface area (Å²) in [5.74, 6) is -2.24. The van der Waals surface area contributed by atoms with Crippen LogP contribution >= 0.6 is 11.6 Å². The molecule has 3 atom stereocenters. The molecule has 1 N–H and O–H groups in total. The van der Waals surface area contributed by atoms with Crippen molar-refractivity contribution in [1.29, 1.82) is 0 Å². The number of hydrogen-bond acceptors (Lipinski definition) is 6. The molecule has 1 saturated heterocycles. The third-order valence-electron chi connectivity index (χ3n) is 7.65. The molecule has 2 fully saturated rings. The summed E-state index contributed by atoms with van der Waals surface area (Å²) in [4.78, 5) is 38.9. The first kappa shape index (κ1) is 27.8. The standard InChI is InChI=1S/C28H22ClF4N7O2/c1-12-18(7-35-26(23(12)30)39-10-14-5-17(14)28(39)42)13(2)40-11-15(6-36-40)37-27(41)21-9-34-8-20(38-21)22-16(25(32)33)3-4-19(29)24(22)31/h3-4,6-9,11,13-14,17,25H,5,10H2,1-2H3,(H,37,41)/t13-,14-,17-/m1/s1. The third kappa shape index (κ3) is 4.77. The summed E-state index contributed by atoms with van der Waals surface area (Å²) in [6, 6.07) is 1.51. The molecule has 1 aliphatic carbocycles. The summed E-state index contributed by atoms with van der Waals surface area (Å²) in [5.41, 5.74) is -0.628. The van der Waals surface area contributed by atoms with Crippen molar-refractivity contribution in [3.05, 3.63) is 82.2 Å². The van der Waals surface area contributed by atoms with Gasteiger partial charge in [-0.1, -0.05) is 17.7 Å². The van der Waals surface area contributed by atoms with E-state index in [9.17, 15) is 22.8 Å². The van der Waals surface area contributed by atoms with Crippen molar-refractivity contribution in [2.75, 3.05) is 16.8 Å². The van der Waals surface area contributed by atoms with Crippen LogP contribution in [0, 0.1) is 30.4 Å². The van der Waals surface area contributed by atoms with E-state index in [2.05, 4.69) is 25.4 Å². The number of piperidine rings is 1. The highest BCUT2D eigenvalue weighted by molar-refractivity contribution is 6.31. The molecule has 6 rings (SSSR count). The number of halogens is 5. The van der Waals surface area contributed by atoms with Crippen LogP contribution in [0.25, 0.3) is 11.3 Å². The second-order valence-electron chi connectivity index (χ2n) is 10.3. The first-order valence-electron chi connectivity index (χ1n) is 13.0. The van der Waals surface area contributed by atoms with Gasteiger partial charge in [-0.3, -0.25) is 24.2 Å². The molecule has 4 heterocycles. The van der Waals surface area contributed by atoms with Crippen LogP contribution in [0.15, 0.2) is 43.1 Å². The molecule has 42 heavy (non-hydrogen) atoms. The van der Waals surface area contributed by atoms with Crippen molar-refractivity contribution < 1.29 is 27.2 Å². The van der Waals surface area contributed by atoms with Gasteiger partial charge >= 0.3 is 0 Å². The van der Waals surface area contributed by atoms with Crippen LogP contribution in [0.4, 0.5) is 29.1 Å². The maximum atomic E-state index is 15.3. The van der Waals surface area contributed by atoms with E-state index in [0.29, 0.717) is 17.7 Å². The summed E-state index contributed by atoms with van der Waals surface area (Å²) in [5, 5.41) is 6.46. The maximum absolute atomic E-state index is 15.3. The molecule has 9 nitrogen and oxygen atoms in total. The Labute approximate surface area is 241 Å². The van der Waals surface area contributed by atoms with Gasteiger partial charge in [-0.25, -0.2) is 27.5 Å². The molecule has 1 aromatic carbocycles. The summed E-state index contributed by atoms with van der Waals surface area (Å²) in [7, 11) is 0. The van der Waals surface area contributed by atoms with Gasteiger partial charge in [0, 0.05) is 41.5 Å². The lowest BCUT2D eigenvalue weighted by molar-refractivity contribution is -0.118. The number of nitrogens with zero attached hydrogens (tertiary/aromatic N) is 6. The lowest BCUT2D eigenvalue weighted by Gasteiger charge is -2.21. The highest BCUT2D eigenvalue weighted by Crippen LogP contribution is 2.47. The average molecular weight is 600 g/mol. The van der Waals surface area contributed by atoms with Gasteiger partial charge in [-0.2, -0.15) is 5.10 Å². The molecule has 4 aromatic rings. The normalized spacial score (nSPS) is 18.4. The van der Waals surface area contributed by atoms with E-state index in [0.717, 1.165) is 30.9 Å². The summed E-state index contributed by atoms with van der Waals surface area (Å²) in [6.07, 6.45) is 4.37. The predicted molar refractivity (Wildman–Crippen MR) is 144 cm³/mol. The lowest BCUT2D eigenvalue weighted by atomic mass is 10.0. The number of rotatable bonds is 7. The van der Waals surface area contributed by atoms with Gasteiger partial charge in [0.2, 0.25) is 5.91 Å². The van der Waals surface area contributed by atoms with Crippen molar-refractivity contribution >= 4 is 34.9 Å². The number of benzene rings is 1. The minimum absolute atomic E-state index is 0.0237. The van der Waals surface area contributed by atoms with E-state index >= 15 is 4.39 Å². The van der Waals surface area contributed by atoms with Crippen LogP contribution in [0.2, 0.25) is 5.02 Å². The number of carbonyl (C=O) groups excluding carboxylic acids is 2. The summed E-state index contributed by atoms with van der Waals surface area (Å²) < 4.78 is 58.6. The first-order chi connectivity index (χ1) is 20.0. The molecule has 3 aromatic heterocycles. The molecule has 0 radical (unpaired) electrons. The van der Waals surface area contributed by atoms with E-state index < -0.39 is 41.1 Å². The Kier molecular flexibility index (Phi) is 6.92. The Balaban J connectivity index is 1.20. The van der Waals surface area contributed by atoms with Gasteiger partial charge in [0.15, 0.2) is 17.5 Å². The van der Waals surface area contributed by atoms with Crippen LogP contribution < -0.4 is 10.2 Å². The third-order valence-corrected chi connectivity index (χ3v) is 7.95. The van der Waals surface area contributed by atoms with Gasteiger partial charge < -0.3 is 5.32 Å². The van der Waals surface area contributed by atoms with Crippen molar-refractivity contribution in [2.24, 2.45) is 11.8 Å². The smallest absolute Gasteiger partial charge is 0.275 e. The Morgan fingerprint density at radius 1 is 1.12 bits per heavy atom. The van der Waals surface area contributed by atoms with Crippen molar-refractivity contribution in [3.8, 4) is 11.3 Å². The van der Waals surface area contributed by atoms with Gasteiger partial charge in [-0.05, 0) is 37.8 Å². The average Bonchev–Trinajstić information content (AvgIpc) is 3.47. The predicted octanol–water partition coefficient (Wildman–Crippen LogP) is 5.76. The van der Waals surface area contributed by atoms with Crippen molar-refractivity contribution in [2.45, 2.75) is 32.7 Å². The first-order valence-corrected chi connectivity index (χ1v) is 13.3. The largest absolute Gasteiger partial charge is 0.318 e. The second-order valence-corrected chi connectivity index (χ2v) is 10.7. The number of nitrogens with one attached hydrogen (secondary N) is 1. The second kappa shape index (κ2) is 10.5. The fourth-order valence-corrected chi connectivity index (χ4v) is 5.37. The quantitative estimate of drug-likeness (QED) is 0.271. The van der Waals surface area contributed by atoms with Gasteiger partial charge in [0.1, 0.15) is 5.69 Å². The zero-order chi connectivity index (χ0) is 29.9. The highest BCUT2D eigenvalue weighted by atomic mass is 35.5. The van der Waals surface area contributed by atoms with E-state index in [1.54, 1.807) is 13.8 Å². The zero-order valence-corrected chi connectivity index (χ0v) is 22.9. The monoisotopic (exact) mass is 599 g/mol. The molecule has 0 spiro atoms. The van der Waals surface area contributed by atoms with Crippen molar-refractivity contribution in [1.82, 2.24) is 24.7 Å². The van der Waals surface area contributed by atoms with Crippen LogP contribution in [-0.2, 0) is 4.79 Å². The summed E-state index contributed by atoms with van der Waals surface area (Å²) in [6.45, 7) is 3.85. The number of anilines is 2. The Morgan fingerprint density at radius 2 is 1.90 bits per heavy atom. The van der Waals surface area contributed by atoms with Crippen LogP contribution in [-0.4, -0.2) is 43.1 Å². The highest BCUT2D eigenvalue weighted by Gasteiger charge is 2.53. The number of carbonyl (C=O) groups is 2. The minimum Gasteiger partial charge on any atom is -0.318 e. The SMILES string of the molecule is Cc1c([C@@H](C)n2cc(NC(=O)c3cncc(-c4c(C(F)F)ccc(Cl)c4F)n3)cn2)cnc(N2C[C@H]3C[C@H]3C2=O)c1F. The molecule has 0 unspecified atom stereocenters. The minimum atomic E-state index is -3.02. The number of aromatic nitrogens is 5. The number of pyridine rings is 1. The lowest BCUT2D eigenvalue weighted by Crippen LogP contribution is -2.30. The summed E-state index contributed by atoms with van der Waals surface area (Å²) >= 11 is 5.79. The van der Waals surface area contributed by atoms with E-state index in [-0.39, 0.29) is 45.7 Å². The van der Waals surface area contributed by atoms with Gasteiger partial charge in [0.05, 0.1) is 41.0 Å². The molecule has 2 amide bonds. The molecule has 216 valence electrons. The molecular formula is C28H22ClF4N7O2. The van der Waals surface area contributed by atoms with Crippen LogP contribution in [0.1, 0.15) is 53.0 Å². The van der Waals surface area contributed by atoms with Crippen molar-refractivity contribution in [3.63, 3.8) is 0 Å². The molecular weight excluding hydrogens is 578 g/mol. The Bertz CT molecular complexity index is 1750. The number of alkyl halides is 2. The van der Waals surface area contributed by atoms with Gasteiger partial charge in [0.25, 0.3) is 12.3 Å². The van der Waals surface area contributed by atoms with Crippen LogP contribution in [0.5, 0.6) is 0 Å². The fourth-order valence-electron chi connectivity index (χ4n) is 5.21. The molecule has 14 heteroatoms. The number of amides is 2. The topological polar surface area (TPSA) is 106 Å².